The van der Waals surface area contributed by atoms with E-state index in [2.05, 4.69) is 59.6 Å². The summed E-state index contributed by atoms with van der Waals surface area (Å²) in [4.78, 5) is 15.0. The Balaban J connectivity index is 1.15. The number of likely N-dealkylation sites (tertiary alicyclic amines) is 1. The summed E-state index contributed by atoms with van der Waals surface area (Å²) < 4.78 is 7.30. The molecule has 0 amide bonds. The number of aryl methyl sites for hydroxylation is 2. The van der Waals surface area contributed by atoms with Gasteiger partial charge in [0.15, 0.2) is 5.58 Å². The molecule has 0 spiro atoms. The normalized spacial score (nSPS) is 15.5. The van der Waals surface area contributed by atoms with Crippen LogP contribution < -0.4 is 5.56 Å². The molecule has 0 bridgehead atoms. The van der Waals surface area contributed by atoms with Crippen molar-refractivity contribution in [3.8, 4) is 0 Å². The van der Waals surface area contributed by atoms with Gasteiger partial charge in [0.25, 0.3) is 5.56 Å². The van der Waals surface area contributed by atoms with Crippen LogP contribution in [0.5, 0.6) is 0 Å². The Labute approximate surface area is 182 Å². The lowest BCUT2D eigenvalue weighted by molar-refractivity contribution is 0.203. The summed E-state index contributed by atoms with van der Waals surface area (Å²) in [7, 11) is 0. The van der Waals surface area contributed by atoms with E-state index in [0.717, 1.165) is 37.9 Å². The van der Waals surface area contributed by atoms with Gasteiger partial charge < -0.3 is 9.42 Å². The van der Waals surface area contributed by atoms with Gasteiger partial charge in [-0.2, -0.15) is 4.74 Å². The number of nitrogens with zero attached hydrogens (tertiary/aromatic N) is 2. The third-order valence-corrected chi connectivity index (χ3v) is 6.44. The molecule has 0 saturated carbocycles. The minimum atomic E-state index is -0.00513. The van der Waals surface area contributed by atoms with Gasteiger partial charge in [0, 0.05) is 13.1 Å². The highest BCUT2D eigenvalue weighted by Crippen LogP contribution is 2.23. The van der Waals surface area contributed by atoms with E-state index in [1.807, 2.05) is 25.1 Å². The molecule has 1 aliphatic rings. The van der Waals surface area contributed by atoms with Crippen molar-refractivity contribution in [3.63, 3.8) is 0 Å². The van der Waals surface area contributed by atoms with Crippen molar-refractivity contribution in [3.05, 3.63) is 88.3 Å². The lowest BCUT2D eigenvalue weighted by Gasteiger charge is -2.31. The lowest BCUT2D eigenvalue weighted by Crippen LogP contribution is -2.30. The molecule has 3 aromatic carbocycles. The lowest BCUT2D eigenvalue weighted by atomic mass is 9.94. The smallest absolute Gasteiger partial charge is 0.290 e. The summed E-state index contributed by atoms with van der Waals surface area (Å²) in [5.41, 5.74) is 3.00. The van der Waals surface area contributed by atoms with Crippen LogP contribution in [0.15, 0.2) is 76.2 Å². The Morgan fingerprint density at radius 2 is 1.81 bits per heavy atom. The summed E-state index contributed by atoms with van der Waals surface area (Å²) in [5.74, 6) is 0.632. The molecule has 0 unspecified atom stereocenters. The van der Waals surface area contributed by atoms with Crippen molar-refractivity contribution < 1.29 is 4.52 Å². The minimum absolute atomic E-state index is 0.00513. The molecule has 31 heavy (non-hydrogen) atoms. The molecule has 0 aliphatic carbocycles. The maximum atomic E-state index is 12.6. The maximum Gasteiger partial charge on any atom is 0.290 e. The molecule has 5 rings (SSSR count). The maximum absolute atomic E-state index is 12.6. The van der Waals surface area contributed by atoms with Crippen LogP contribution >= 0.6 is 0 Å². The molecule has 0 radical (unpaired) electrons. The van der Waals surface area contributed by atoms with Crippen LogP contribution in [0.4, 0.5) is 0 Å². The number of piperidine rings is 1. The zero-order valence-corrected chi connectivity index (χ0v) is 18.0. The van der Waals surface area contributed by atoms with Gasteiger partial charge in [-0.05, 0) is 78.9 Å². The van der Waals surface area contributed by atoms with E-state index in [0.29, 0.717) is 23.4 Å². The van der Waals surface area contributed by atoms with Gasteiger partial charge in [-0.1, -0.05) is 48.0 Å². The molecular weight excluding hydrogens is 384 g/mol. The highest BCUT2D eigenvalue weighted by atomic mass is 16.5. The van der Waals surface area contributed by atoms with Gasteiger partial charge in [-0.15, -0.1) is 0 Å². The topological polar surface area (TPSA) is 38.4 Å². The van der Waals surface area contributed by atoms with E-state index in [1.165, 1.54) is 21.1 Å². The molecular formula is C27H28N2O2. The van der Waals surface area contributed by atoms with E-state index >= 15 is 0 Å². The van der Waals surface area contributed by atoms with Crippen molar-refractivity contribution in [1.82, 2.24) is 9.64 Å². The molecule has 1 aromatic heterocycles. The first-order valence-corrected chi connectivity index (χ1v) is 11.2. The second kappa shape index (κ2) is 8.46. The summed E-state index contributed by atoms with van der Waals surface area (Å²) in [6, 6.07) is 20.9. The molecule has 158 valence electrons. The van der Waals surface area contributed by atoms with E-state index < -0.39 is 0 Å². The van der Waals surface area contributed by atoms with E-state index in [4.69, 9.17) is 4.52 Å². The van der Waals surface area contributed by atoms with Crippen LogP contribution in [0.25, 0.3) is 27.8 Å². The van der Waals surface area contributed by atoms with Gasteiger partial charge in [0.1, 0.15) is 0 Å². The fraction of sp³-hybridized carbons (Fsp3) is 0.296. The third-order valence-electron chi connectivity index (χ3n) is 6.44. The van der Waals surface area contributed by atoms with Gasteiger partial charge in [-0.3, -0.25) is 4.79 Å². The standard InChI is InChI=1S/C27H28N2O2/c1-20-6-9-26-25(18-20)27(30)29(31-26)17-13-21-10-14-28(15-11-21)16-12-22-7-8-23-4-2-3-5-24(23)19-22/h2-9,12,16,18-19,21H,10-11,13-15,17H2,1H3. The largest absolute Gasteiger partial charge is 0.377 e. The van der Waals surface area contributed by atoms with Crippen LogP contribution in [-0.4, -0.2) is 22.7 Å². The number of fused-ring (bicyclic) bond motifs is 2. The molecule has 1 aliphatic heterocycles. The Hall–Kier alpha value is -3.27. The van der Waals surface area contributed by atoms with Crippen molar-refractivity contribution in [1.29, 1.82) is 0 Å². The molecule has 2 heterocycles. The SMILES string of the molecule is Cc1ccc2on(CCC3CCN(C=Cc4ccc5ccccc5c4)CC3)c(=O)c2c1. The van der Waals surface area contributed by atoms with Crippen molar-refractivity contribution >= 4 is 27.8 Å². The van der Waals surface area contributed by atoms with E-state index in [9.17, 15) is 4.79 Å². The summed E-state index contributed by atoms with van der Waals surface area (Å²) in [5, 5.41) is 3.24. The van der Waals surface area contributed by atoms with Crippen LogP contribution in [0.3, 0.4) is 0 Å². The van der Waals surface area contributed by atoms with Crippen LogP contribution in [0.1, 0.15) is 30.4 Å². The fourth-order valence-electron chi connectivity index (χ4n) is 4.53. The zero-order valence-electron chi connectivity index (χ0n) is 18.0. The van der Waals surface area contributed by atoms with Crippen LogP contribution in [0.2, 0.25) is 0 Å². The van der Waals surface area contributed by atoms with E-state index in [-0.39, 0.29) is 5.56 Å². The molecule has 1 saturated heterocycles. The fourth-order valence-corrected chi connectivity index (χ4v) is 4.53. The first kappa shape index (κ1) is 19.7. The Kier molecular flexibility index (Phi) is 5.37. The van der Waals surface area contributed by atoms with Crippen molar-refractivity contribution in [2.45, 2.75) is 32.7 Å². The number of hydrogen-bond acceptors (Lipinski definition) is 3. The number of benzene rings is 3. The molecule has 4 aromatic rings. The van der Waals surface area contributed by atoms with Gasteiger partial charge in [0.2, 0.25) is 0 Å². The third kappa shape index (κ3) is 4.29. The predicted octanol–water partition coefficient (Wildman–Crippen LogP) is 5.83. The molecule has 4 heteroatoms. The second-order valence-corrected chi connectivity index (χ2v) is 8.69. The summed E-state index contributed by atoms with van der Waals surface area (Å²) >= 11 is 0. The average molecular weight is 413 g/mol. The predicted molar refractivity (Wildman–Crippen MR) is 127 cm³/mol. The minimum Gasteiger partial charge on any atom is -0.377 e. The molecule has 0 atom stereocenters. The first-order chi connectivity index (χ1) is 15.2. The zero-order chi connectivity index (χ0) is 21.2. The highest BCUT2D eigenvalue weighted by Gasteiger charge is 2.18. The van der Waals surface area contributed by atoms with Crippen LogP contribution in [-0.2, 0) is 6.54 Å². The van der Waals surface area contributed by atoms with Crippen LogP contribution in [0, 0.1) is 12.8 Å². The average Bonchev–Trinajstić information content (AvgIpc) is 3.11. The molecule has 4 nitrogen and oxygen atoms in total. The number of hydrogen-bond donors (Lipinski definition) is 0. The molecule has 0 N–H and O–H groups in total. The van der Waals surface area contributed by atoms with E-state index in [1.54, 1.807) is 0 Å². The summed E-state index contributed by atoms with van der Waals surface area (Å²) in [6.07, 6.45) is 7.72. The first-order valence-electron chi connectivity index (χ1n) is 11.2. The number of rotatable bonds is 5. The van der Waals surface area contributed by atoms with Crippen molar-refractivity contribution in [2.24, 2.45) is 5.92 Å². The highest BCUT2D eigenvalue weighted by molar-refractivity contribution is 5.84. The van der Waals surface area contributed by atoms with Crippen molar-refractivity contribution in [2.75, 3.05) is 13.1 Å². The van der Waals surface area contributed by atoms with Gasteiger partial charge in [-0.25, -0.2) is 0 Å². The molecule has 1 fully saturated rings. The Morgan fingerprint density at radius 3 is 2.65 bits per heavy atom. The Morgan fingerprint density at radius 1 is 1.00 bits per heavy atom. The van der Waals surface area contributed by atoms with Gasteiger partial charge in [0.05, 0.1) is 11.9 Å². The summed E-state index contributed by atoms with van der Waals surface area (Å²) in [6.45, 7) is 4.77. The monoisotopic (exact) mass is 412 g/mol. The Bertz CT molecular complexity index is 1290. The second-order valence-electron chi connectivity index (χ2n) is 8.69. The number of aromatic nitrogens is 1. The quantitative estimate of drug-likeness (QED) is 0.414. The van der Waals surface area contributed by atoms with Gasteiger partial charge >= 0.3 is 0 Å².